The third kappa shape index (κ3) is 4.51. The second-order valence-electron chi connectivity index (χ2n) is 5.28. The third-order valence-electron chi connectivity index (χ3n) is 3.05. The van der Waals surface area contributed by atoms with Crippen molar-refractivity contribution >= 4 is 15.9 Å². The molecule has 0 radical (unpaired) electrons. The SMILES string of the molecule is CC(C)CNCc1cccn1Cc1ccc(Br)cc1. The molecule has 0 aliphatic carbocycles. The summed E-state index contributed by atoms with van der Waals surface area (Å²) in [5, 5.41) is 3.49. The van der Waals surface area contributed by atoms with Crippen molar-refractivity contribution in [3.8, 4) is 0 Å². The molecular formula is C16H21BrN2. The first-order valence-corrected chi connectivity index (χ1v) is 7.53. The quantitative estimate of drug-likeness (QED) is 0.849. The summed E-state index contributed by atoms with van der Waals surface area (Å²) in [5.41, 5.74) is 2.66. The minimum absolute atomic E-state index is 0.690. The van der Waals surface area contributed by atoms with E-state index in [9.17, 15) is 0 Å². The third-order valence-corrected chi connectivity index (χ3v) is 3.58. The number of hydrogen-bond acceptors (Lipinski definition) is 1. The van der Waals surface area contributed by atoms with Gasteiger partial charge in [-0.05, 0) is 42.3 Å². The maximum Gasteiger partial charge on any atom is 0.0473 e. The molecule has 3 heteroatoms. The lowest BCUT2D eigenvalue weighted by atomic mass is 10.2. The van der Waals surface area contributed by atoms with Crippen LogP contribution in [0.1, 0.15) is 25.1 Å². The predicted octanol–water partition coefficient (Wildman–Crippen LogP) is 4.04. The lowest BCUT2D eigenvalue weighted by Gasteiger charge is -2.11. The largest absolute Gasteiger partial charge is 0.346 e. The smallest absolute Gasteiger partial charge is 0.0473 e. The Morgan fingerprint density at radius 2 is 1.89 bits per heavy atom. The molecule has 1 aromatic heterocycles. The van der Waals surface area contributed by atoms with Crippen molar-refractivity contribution in [1.29, 1.82) is 0 Å². The fourth-order valence-electron chi connectivity index (χ4n) is 2.04. The van der Waals surface area contributed by atoms with Gasteiger partial charge in [0.25, 0.3) is 0 Å². The standard InChI is InChI=1S/C16H21BrN2/c1-13(2)10-18-11-16-4-3-9-19(16)12-14-5-7-15(17)8-6-14/h3-9,13,18H,10-12H2,1-2H3. The number of rotatable bonds is 6. The summed E-state index contributed by atoms with van der Waals surface area (Å²) in [7, 11) is 0. The van der Waals surface area contributed by atoms with Crippen LogP contribution >= 0.6 is 15.9 Å². The van der Waals surface area contributed by atoms with E-state index in [0.29, 0.717) is 5.92 Å². The predicted molar refractivity (Wildman–Crippen MR) is 84.2 cm³/mol. The molecule has 1 N–H and O–H groups in total. The minimum atomic E-state index is 0.690. The Morgan fingerprint density at radius 1 is 1.16 bits per heavy atom. The van der Waals surface area contributed by atoms with Crippen molar-refractivity contribution in [2.75, 3.05) is 6.54 Å². The van der Waals surface area contributed by atoms with Crippen LogP contribution in [0, 0.1) is 5.92 Å². The lowest BCUT2D eigenvalue weighted by molar-refractivity contribution is 0.539. The van der Waals surface area contributed by atoms with Crippen LogP contribution in [0.15, 0.2) is 47.1 Å². The van der Waals surface area contributed by atoms with Gasteiger partial charge in [0.1, 0.15) is 0 Å². The van der Waals surface area contributed by atoms with E-state index >= 15 is 0 Å². The van der Waals surface area contributed by atoms with Gasteiger partial charge in [-0.3, -0.25) is 0 Å². The Hall–Kier alpha value is -1.06. The van der Waals surface area contributed by atoms with E-state index in [1.165, 1.54) is 11.3 Å². The molecular weight excluding hydrogens is 300 g/mol. The molecule has 2 rings (SSSR count). The Morgan fingerprint density at radius 3 is 2.58 bits per heavy atom. The van der Waals surface area contributed by atoms with Gasteiger partial charge in [0.05, 0.1) is 0 Å². The summed E-state index contributed by atoms with van der Waals surface area (Å²) in [6.07, 6.45) is 2.15. The molecule has 2 nitrogen and oxygen atoms in total. The van der Waals surface area contributed by atoms with E-state index in [1.807, 2.05) is 0 Å². The van der Waals surface area contributed by atoms with Crippen molar-refractivity contribution in [2.45, 2.75) is 26.9 Å². The van der Waals surface area contributed by atoms with Crippen molar-refractivity contribution in [3.05, 3.63) is 58.3 Å². The number of benzene rings is 1. The molecule has 0 saturated carbocycles. The topological polar surface area (TPSA) is 17.0 Å². The highest BCUT2D eigenvalue weighted by molar-refractivity contribution is 9.10. The highest BCUT2D eigenvalue weighted by atomic mass is 79.9. The first kappa shape index (κ1) is 14.4. The summed E-state index contributed by atoms with van der Waals surface area (Å²) in [4.78, 5) is 0. The Labute approximate surface area is 124 Å². The van der Waals surface area contributed by atoms with Gasteiger partial charge in [0.2, 0.25) is 0 Å². The van der Waals surface area contributed by atoms with E-state index in [-0.39, 0.29) is 0 Å². The molecule has 0 aliphatic heterocycles. The first-order chi connectivity index (χ1) is 9.15. The van der Waals surface area contributed by atoms with Crippen molar-refractivity contribution in [1.82, 2.24) is 9.88 Å². The van der Waals surface area contributed by atoms with Gasteiger partial charge in [-0.25, -0.2) is 0 Å². The Balaban J connectivity index is 1.97. The van der Waals surface area contributed by atoms with Gasteiger partial charge < -0.3 is 9.88 Å². The second kappa shape index (κ2) is 6.92. The fraction of sp³-hybridized carbons (Fsp3) is 0.375. The van der Waals surface area contributed by atoms with Crippen LogP contribution in [0.4, 0.5) is 0 Å². The molecule has 1 aromatic carbocycles. The maximum atomic E-state index is 3.49. The monoisotopic (exact) mass is 320 g/mol. The number of hydrogen-bond donors (Lipinski definition) is 1. The van der Waals surface area contributed by atoms with Gasteiger partial charge in [0.15, 0.2) is 0 Å². The molecule has 19 heavy (non-hydrogen) atoms. The van der Waals surface area contributed by atoms with Crippen molar-refractivity contribution in [2.24, 2.45) is 5.92 Å². The zero-order valence-electron chi connectivity index (χ0n) is 11.6. The van der Waals surface area contributed by atoms with Crippen LogP contribution in [0.3, 0.4) is 0 Å². The van der Waals surface area contributed by atoms with Crippen molar-refractivity contribution < 1.29 is 0 Å². The highest BCUT2D eigenvalue weighted by Crippen LogP contribution is 2.13. The minimum Gasteiger partial charge on any atom is -0.346 e. The van der Waals surface area contributed by atoms with Crippen LogP contribution in [0.5, 0.6) is 0 Å². The second-order valence-corrected chi connectivity index (χ2v) is 6.19. The average Bonchev–Trinajstić information content (AvgIpc) is 2.79. The zero-order valence-corrected chi connectivity index (χ0v) is 13.2. The fourth-order valence-corrected chi connectivity index (χ4v) is 2.30. The summed E-state index contributed by atoms with van der Waals surface area (Å²) >= 11 is 3.47. The van der Waals surface area contributed by atoms with Crippen LogP contribution in [-0.2, 0) is 13.1 Å². The average molecular weight is 321 g/mol. The molecule has 2 aromatic rings. The molecule has 0 aliphatic rings. The molecule has 0 amide bonds. The first-order valence-electron chi connectivity index (χ1n) is 6.74. The normalized spacial score (nSPS) is 11.2. The number of nitrogens with one attached hydrogen (secondary N) is 1. The van der Waals surface area contributed by atoms with E-state index in [0.717, 1.165) is 24.1 Å². The lowest BCUT2D eigenvalue weighted by Crippen LogP contribution is -2.20. The molecule has 1 heterocycles. The number of halogens is 1. The van der Waals surface area contributed by atoms with Gasteiger partial charge in [-0.15, -0.1) is 0 Å². The van der Waals surface area contributed by atoms with E-state index in [4.69, 9.17) is 0 Å². The Bertz CT molecular complexity index is 500. The molecule has 0 fully saturated rings. The summed E-state index contributed by atoms with van der Waals surface area (Å²) in [5.74, 6) is 0.690. The van der Waals surface area contributed by atoms with Gasteiger partial charge >= 0.3 is 0 Å². The molecule has 0 spiro atoms. The van der Waals surface area contributed by atoms with Crippen LogP contribution in [0.25, 0.3) is 0 Å². The maximum absolute atomic E-state index is 3.49. The highest BCUT2D eigenvalue weighted by Gasteiger charge is 2.02. The van der Waals surface area contributed by atoms with Crippen molar-refractivity contribution in [3.63, 3.8) is 0 Å². The molecule has 0 saturated heterocycles. The van der Waals surface area contributed by atoms with E-state index < -0.39 is 0 Å². The summed E-state index contributed by atoms with van der Waals surface area (Å²) < 4.78 is 3.43. The Kier molecular flexibility index (Phi) is 5.23. The van der Waals surface area contributed by atoms with Gasteiger partial charge in [-0.2, -0.15) is 0 Å². The van der Waals surface area contributed by atoms with Crippen LogP contribution < -0.4 is 5.32 Å². The van der Waals surface area contributed by atoms with E-state index in [1.54, 1.807) is 0 Å². The summed E-state index contributed by atoms with van der Waals surface area (Å²) in [6, 6.07) is 12.8. The molecule has 0 unspecified atom stereocenters. The molecule has 0 atom stereocenters. The number of aromatic nitrogens is 1. The van der Waals surface area contributed by atoms with Gasteiger partial charge in [-0.1, -0.05) is 41.9 Å². The van der Waals surface area contributed by atoms with Crippen LogP contribution in [-0.4, -0.2) is 11.1 Å². The number of nitrogens with zero attached hydrogens (tertiary/aromatic N) is 1. The molecule has 102 valence electrons. The summed E-state index contributed by atoms with van der Waals surface area (Å²) in [6.45, 7) is 7.38. The molecule has 0 bridgehead atoms. The van der Waals surface area contributed by atoms with Gasteiger partial charge in [0, 0.05) is 29.5 Å². The van der Waals surface area contributed by atoms with E-state index in [2.05, 4.69) is 82.3 Å². The van der Waals surface area contributed by atoms with Crippen LogP contribution in [0.2, 0.25) is 0 Å². The zero-order chi connectivity index (χ0) is 13.7.